The Morgan fingerprint density at radius 3 is 2.57 bits per heavy atom. The Morgan fingerprint density at radius 2 is 1.93 bits per heavy atom. The van der Waals surface area contributed by atoms with E-state index in [0.717, 1.165) is 0 Å². The zero-order valence-electron chi connectivity index (χ0n) is 7.39. The van der Waals surface area contributed by atoms with Crippen LogP contribution in [0, 0.1) is 0 Å². The first kappa shape index (κ1) is 10.5. The lowest BCUT2D eigenvalue weighted by atomic mass is 10.3. The van der Waals surface area contributed by atoms with Gasteiger partial charge in [-0.1, -0.05) is 24.3 Å². The Hall–Kier alpha value is -1.54. The molecule has 0 aliphatic carbocycles. The zero-order chi connectivity index (χ0) is 10.2. The van der Waals surface area contributed by atoms with E-state index in [1.807, 2.05) is 18.2 Å². The maximum atomic E-state index is 9.94. The van der Waals surface area contributed by atoms with Gasteiger partial charge in [0.25, 0.3) is 0 Å². The molecule has 1 rings (SSSR count). The van der Waals surface area contributed by atoms with Crippen LogP contribution in [-0.4, -0.2) is 6.29 Å². The highest BCUT2D eigenvalue weighted by Gasteiger charge is 1.93. The minimum Gasteiger partial charge on any atom is -0.445 e. The van der Waals surface area contributed by atoms with E-state index >= 15 is 0 Å². The molecular formula is C11H9ClO2. The average molecular weight is 209 g/mol. The molecule has 0 saturated carbocycles. The van der Waals surface area contributed by atoms with Crippen molar-refractivity contribution in [2.24, 2.45) is 0 Å². The van der Waals surface area contributed by atoms with Crippen molar-refractivity contribution in [1.82, 2.24) is 0 Å². The summed E-state index contributed by atoms with van der Waals surface area (Å²) in [6.45, 7) is 0. The molecule has 0 unspecified atom stereocenters. The lowest BCUT2D eigenvalue weighted by molar-refractivity contribution is -0.104. The van der Waals surface area contributed by atoms with Gasteiger partial charge in [-0.3, -0.25) is 4.79 Å². The molecule has 0 fully saturated rings. The van der Waals surface area contributed by atoms with Gasteiger partial charge in [0.2, 0.25) is 0 Å². The number of carbonyl (C=O) groups is 1. The van der Waals surface area contributed by atoms with Gasteiger partial charge in [0.1, 0.15) is 12.0 Å². The molecule has 0 bridgehead atoms. The van der Waals surface area contributed by atoms with Crippen molar-refractivity contribution < 1.29 is 9.53 Å². The highest BCUT2D eigenvalue weighted by Crippen LogP contribution is 2.14. The summed E-state index contributed by atoms with van der Waals surface area (Å²) in [5.74, 6) is 0.660. The number of para-hydroxylation sites is 1. The molecule has 1 aromatic rings. The molecular weight excluding hydrogens is 200 g/mol. The second-order valence-corrected chi connectivity index (χ2v) is 2.78. The standard InChI is InChI=1S/C11H9ClO2/c12-11(8-4-5-9-13)14-10-6-2-1-3-7-10/h1-9H/b5-4+,11-8+. The van der Waals surface area contributed by atoms with Gasteiger partial charge in [-0.2, -0.15) is 0 Å². The molecule has 0 heterocycles. The molecule has 1 aromatic carbocycles. The van der Waals surface area contributed by atoms with Crippen LogP contribution in [0.3, 0.4) is 0 Å². The van der Waals surface area contributed by atoms with Crippen molar-refractivity contribution in [3.05, 3.63) is 53.8 Å². The van der Waals surface area contributed by atoms with Crippen LogP contribution in [0.5, 0.6) is 5.75 Å². The summed E-state index contributed by atoms with van der Waals surface area (Å²) >= 11 is 5.72. The monoisotopic (exact) mass is 208 g/mol. The number of aldehydes is 1. The van der Waals surface area contributed by atoms with E-state index < -0.39 is 0 Å². The van der Waals surface area contributed by atoms with E-state index in [9.17, 15) is 4.79 Å². The average Bonchev–Trinajstić information content (AvgIpc) is 2.20. The number of hydrogen-bond donors (Lipinski definition) is 0. The molecule has 0 spiro atoms. The zero-order valence-corrected chi connectivity index (χ0v) is 8.15. The molecule has 0 N–H and O–H groups in total. The molecule has 0 aliphatic rings. The fraction of sp³-hybridized carbons (Fsp3) is 0. The van der Waals surface area contributed by atoms with Gasteiger partial charge in [0.05, 0.1) is 0 Å². The van der Waals surface area contributed by atoms with Crippen molar-refractivity contribution in [2.75, 3.05) is 0 Å². The third kappa shape index (κ3) is 3.92. The number of halogens is 1. The molecule has 2 nitrogen and oxygen atoms in total. The number of carbonyl (C=O) groups excluding carboxylic acids is 1. The second-order valence-electron chi connectivity index (χ2n) is 2.41. The number of ether oxygens (including phenoxy) is 1. The van der Waals surface area contributed by atoms with Crippen LogP contribution in [-0.2, 0) is 4.79 Å². The molecule has 0 aliphatic heterocycles. The summed E-state index contributed by atoms with van der Waals surface area (Å²) in [7, 11) is 0. The Labute approximate surface area is 87.5 Å². The normalized spacial score (nSPS) is 11.6. The molecule has 14 heavy (non-hydrogen) atoms. The third-order valence-corrected chi connectivity index (χ3v) is 1.58. The van der Waals surface area contributed by atoms with Crippen LogP contribution >= 0.6 is 11.6 Å². The summed E-state index contributed by atoms with van der Waals surface area (Å²) in [5.41, 5.74) is 0. The first-order chi connectivity index (χ1) is 6.83. The first-order valence-corrected chi connectivity index (χ1v) is 4.41. The topological polar surface area (TPSA) is 26.3 Å². The van der Waals surface area contributed by atoms with Gasteiger partial charge in [-0.05, 0) is 35.9 Å². The number of benzene rings is 1. The van der Waals surface area contributed by atoms with Crippen molar-refractivity contribution in [1.29, 1.82) is 0 Å². The van der Waals surface area contributed by atoms with Crippen LogP contribution in [0.15, 0.2) is 53.8 Å². The Morgan fingerprint density at radius 1 is 1.21 bits per heavy atom. The maximum Gasteiger partial charge on any atom is 0.193 e. The minimum atomic E-state index is 0.217. The van der Waals surface area contributed by atoms with Gasteiger partial charge in [-0.15, -0.1) is 0 Å². The van der Waals surface area contributed by atoms with Crippen LogP contribution in [0.2, 0.25) is 0 Å². The lowest BCUT2D eigenvalue weighted by Gasteiger charge is -2.01. The SMILES string of the molecule is O=C/C=C/C=C(\Cl)Oc1ccccc1. The largest absolute Gasteiger partial charge is 0.445 e. The van der Waals surface area contributed by atoms with Crippen molar-refractivity contribution >= 4 is 17.9 Å². The minimum absolute atomic E-state index is 0.217. The van der Waals surface area contributed by atoms with Crippen LogP contribution < -0.4 is 4.74 Å². The van der Waals surface area contributed by atoms with Gasteiger partial charge in [-0.25, -0.2) is 0 Å². The quantitative estimate of drug-likeness (QED) is 0.329. The fourth-order valence-electron chi connectivity index (χ4n) is 0.812. The van der Waals surface area contributed by atoms with E-state index in [-0.39, 0.29) is 5.22 Å². The summed E-state index contributed by atoms with van der Waals surface area (Å²) < 4.78 is 5.22. The van der Waals surface area contributed by atoms with Crippen molar-refractivity contribution in [3.8, 4) is 5.75 Å². The Bertz CT molecular complexity index is 342. The highest BCUT2D eigenvalue weighted by atomic mass is 35.5. The Balaban J connectivity index is 2.57. The highest BCUT2D eigenvalue weighted by molar-refractivity contribution is 6.28. The summed E-state index contributed by atoms with van der Waals surface area (Å²) in [6, 6.07) is 9.16. The van der Waals surface area contributed by atoms with E-state index in [1.54, 1.807) is 12.1 Å². The van der Waals surface area contributed by atoms with E-state index in [2.05, 4.69) is 0 Å². The molecule has 0 aromatic heterocycles. The second kappa shape index (κ2) is 6.00. The fourth-order valence-corrected chi connectivity index (χ4v) is 0.974. The van der Waals surface area contributed by atoms with Gasteiger partial charge in [0, 0.05) is 0 Å². The number of rotatable bonds is 4. The number of hydrogen-bond acceptors (Lipinski definition) is 2. The van der Waals surface area contributed by atoms with E-state index in [1.165, 1.54) is 18.2 Å². The predicted molar refractivity (Wildman–Crippen MR) is 56.2 cm³/mol. The van der Waals surface area contributed by atoms with E-state index in [0.29, 0.717) is 12.0 Å². The molecule has 0 radical (unpaired) electrons. The maximum absolute atomic E-state index is 9.94. The van der Waals surface area contributed by atoms with Gasteiger partial charge < -0.3 is 4.74 Å². The first-order valence-electron chi connectivity index (χ1n) is 4.03. The molecule has 0 amide bonds. The molecule has 0 atom stereocenters. The van der Waals surface area contributed by atoms with Crippen molar-refractivity contribution in [2.45, 2.75) is 0 Å². The smallest absolute Gasteiger partial charge is 0.193 e. The van der Waals surface area contributed by atoms with Gasteiger partial charge in [0.15, 0.2) is 5.22 Å². The van der Waals surface area contributed by atoms with E-state index in [4.69, 9.17) is 16.3 Å². The van der Waals surface area contributed by atoms with Gasteiger partial charge >= 0.3 is 0 Å². The van der Waals surface area contributed by atoms with Crippen LogP contribution in [0.1, 0.15) is 0 Å². The van der Waals surface area contributed by atoms with Crippen LogP contribution in [0.4, 0.5) is 0 Å². The Kier molecular flexibility index (Phi) is 4.51. The number of allylic oxidation sites excluding steroid dienone is 3. The summed E-state index contributed by atoms with van der Waals surface area (Å²) in [5, 5.41) is 0.217. The molecule has 72 valence electrons. The molecule has 3 heteroatoms. The summed E-state index contributed by atoms with van der Waals surface area (Å²) in [4.78, 5) is 9.94. The van der Waals surface area contributed by atoms with Crippen LogP contribution in [0.25, 0.3) is 0 Å². The summed E-state index contributed by atoms with van der Waals surface area (Å²) in [6.07, 6.45) is 5.02. The lowest BCUT2D eigenvalue weighted by Crippen LogP contribution is -1.86. The third-order valence-electron chi connectivity index (χ3n) is 1.38. The predicted octanol–water partition coefficient (Wildman–Crippen LogP) is 2.90. The van der Waals surface area contributed by atoms with Crippen molar-refractivity contribution in [3.63, 3.8) is 0 Å². The molecule has 0 saturated heterocycles.